The van der Waals surface area contributed by atoms with E-state index in [2.05, 4.69) is 0 Å². The summed E-state index contributed by atoms with van der Waals surface area (Å²) in [6.45, 7) is 3.60. The number of allylic oxidation sites excluding steroid dienone is 2. The van der Waals surface area contributed by atoms with Crippen molar-refractivity contribution in [3.63, 3.8) is 0 Å². The molecule has 0 unspecified atom stereocenters. The molecule has 14 heteroatoms. The molecule has 0 saturated heterocycles. The molecule has 0 nitrogen and oxygen atoms in total. The molecule has 2 aromatic carbocycles. The Balaban J connectivity index is 1.42. The monoisotopic (exact) mass is 620 g/mol. The number of benzene rings is 2. The van der Waals surface area contributed by atoms with Crippen molar-refractivity contribution in [2.45, 2.75) is 25.4 Å². The van der Waals surface area contributed by atoms with Crippen LogP contribution in [-0.4, -0.2) is 0 Å². The van der Waals surface area contributed by atoms with Gasteiger partial charge in [0.05, 0.1) is 16.9 Å². The Morgan fingerprint density at radius 1 is 0.528 bits per heavy atom. The van der Waals surface area contributed by atoms with Gasteiger partial charge >= 0.3 is 0 Å². The Morgan fingerprint density at radius 2 is 0.833 bits per heavy atom. The summed E-state index contributed by atoms with van der Waals surface area (Å²) in [4.78, 5) is 1.68. The van der Waals surface area contributed by atoms with Gasteiger partial charge in [0, 0.05) is 44.6 Å². The van der Waals surface area contributed by atoms with E-state index in [4.69, 9.17) is 0 Å². The molecule has 2 aliphatic heterocycles. The first-order valence-electron chi connectivity index (χ1n) is 9.74. The van der Waals surface area contributed by atoms with Gasteiger partial charge in [-0.2, -0.15) is 0 Å². The molecule has 0 amide bonds. The Kier molecular flexibility index (Phi) is 9.03. The molecular weight excluding hydrogens is 609 g/mol. The third-order valence-electron chi connectivity index (χ3n) is 4.70. The van der Waals surface area contributed by atoms with E-state index in [1.54, 1.807) is 13.8 Å². The highest BCUT2D eigenvalue weighted by atomic mass is 32.2. The molecule has 0 radical (unpaired) electrons. The van der Waals surface area contributed by atoms with Gasteiger partial charge in [0.25, 0.3) is 0 Å². The summed E-state index contributed by atoms with van der Waals surface area (Å²) in [6, 6.07) is 0.331. The van der Waals surface area contributed by atoms with Crippen molar-refractivity contribution >= 4 is 70.6 Å². The SMILES string of the molecule is CC1=C(SCc2c(F)c(F)cc(F)c2F)S/C(=C2\SC(C)=C(SCc3c(F)c(F)cc(F)c3F)S2)S1. The zero-order chi connectivity index (χ0) is 26.3. The van der Waals surface area contributed by atoms with Gasteiger partial charge in [-0.3, -0.25) is 0 Å². The van der Waals surface area contributed by atoms with Crippen molar-refractivity contribution in [2.75, 3.05) is 0 Å². The lowest BCUT2D eigenvalue weighted by Gasteiger charge is -2.08. The first-order chi connectivity index (χ1) is 17.0. The quantitative estimate of drug-likeness (QED) is 0.231. The lowest BCUT2D eigenvalue weighted by atomic mass is 10.2. The summed E-state index contributed by atoms with van der Waals surface area (Å²) >= 11 is 7.61. The fraction of sp³-hybridized carbons (Fsp3) is 0.182. The van der Waals surface area contributed by atoms with Crippen LogP contribution in [0.1, 0.15) is 25.0 Å². The van der Waals surface area contributed by atoms with Crippen molar-refractivity contribution in [3.05, 3.63) is 96.6 Å². The van der Waals surface area contributed by atoms with Crippen LogP contribution in [0.5, 0.6) is 0 Å². The van der Waals surface area contributed by atoms with Crippen molar-refractivity contribution < 1.29 is 35.1 Å². The topological polar surface area (TPSA) is 0 Å². The average molecular weight is 621 g/mol. The normalized spacial score (nSPS) is 18.3. The molecule has 0 atom stereocenters. The largest absolute Gasteiger partial charge is 0.204 e. The van der Waals surface area contributed by atoms with Gasteiger partial charge in [0.15, 0.2) is 46.5 Å². The summed E-state index contributed by atoms with van der Waals surface area (Å²) in [5.41, 5.74) is -1.36. The van der Waals surface area contributed by atoms with E-state index in [9.17, 15) is 35.1 Å². The minimum absolute atomic E-state index is 0.166. The lowest BCUT2D eigenvalue weighted by Crippen LogP contribution is -2.01. The summed E-state index contributed by atoms with van der Waals surface area (Å²) in [5.74, 6) is -12.2. The second-order valence-electron chi connectivity index (χ2n) is 7.14. The van der Waals surface area contributed by atoms with Gasteiger partial charge in [-0.1, -0.05) is 47.0 Å². The Morgan fingerprint density at radius 3 is 1.14 bits per heavy atom. The van der Waals surface area contributed by atoms with Gasteiger partial charge in [0.1, 0.15) is 0 Å². The molecule has 0 spiro atoms. The second kappa shape index (κ2) is 11.5. The van der Waals surface area contributed by atoms with E-state index in [0.717, 1.165) is 41.8 Å². The smallest absolute Gasteiger partial charge is 0.166 e. The van der Waals surface area contributed by atoms with Crippen LogP contribution in [-0.2, 0) is 11.5 Å². The highest BCUT2D eigenvalue weighted by Crippen LogP contribution is 2.63. The van der Waals surface area contributed by atoms with Crippen LogP contribution in [0.3, 0.4) is 0 Å². The highest BCUT2D eigenvalue weighted by molar-refractivity contribution is 8.40. The summed E-state index contributed by atoms with van der Waals surface area (Å²) in [6.07, 6.45) is 0. The molecule has 2 aliphatic rings. The fourth-order valence-corrected chi connectivity index (χ4v) is 11.4. The van der Waals surface area contributed by atoms with Crippen LogP contribution < -0.4 is 0 Å². The molecule has 0 aliphatic carbocycles. The van der Waals surface area contributed by atoms with Crippen molar-refractivity contribution in [1.82, 2.24) is 0 Å². The third kappa shape index (κ3) is 5.78. The highest BCUT2D eigenvalue weighted by Gasteiger charge is 2.29. The number of rotatable bonds is 6. The van der Waals surface area contributed by atoms with E-state index < -0.39 is 57.7 Å². The summed E-state index contributed by atoms with van der Waals surface area (Å²) < 4.78 is 113. The maximum Gasteiger partial charge on any atom is 0.166 e. The summed E-state index contributed by atoms with van der Waals surface area (Å²) in [5, 5.41) is 0. The predicted octanol–water partition coefficient (Wildman–Crippen LogP) is 10.4. The third-order valence-corrected chi connectivity index (χ3v) is 13.5. The van der Waals surface area contributed by atoms with Crippen LogP contribution in [0.15, 0.2) is 38.9 Å². The first kappa shape index (κ1) is 28.2. The van der Waals surface area contributed by atoms with Crippen molar-refractivity contribution in [2.24, 2.45) is 0 Å². The van der Waals surface area contributed by atoms with E-state index in [1.165, 1.54) is 47.0 Å². The minimum Gasteiger partial charge on any atom is -0.204 e. The number of hydrogen-bond acceptors (Lipinski definition) is 6. The number of halogens is 8. The molecule has 0 bridgehead atoms. The van der Waals surface area contributed by atoms with E-state index in [1.807, 2.05) is 0 Å². The van der Waals surface area contributed by atoms with E-state index in [0.29, 0.717) is 8.47 Å². The standard InChI is InChI=1S/C22H12F8S6/c1-7-19(31-5-9-15(27)11(23)3-12(24)16(9)28)35-21(33-7)22-34-8(2)20(36-22)32-6-10-17(29)13(25)4-14(26)18(10)30/h3-4H,5-6H2,1-2H3/b22-21+. The lowest BCUT2D eigenvalue weighted by molar-refractivity contribution is 0.444. The van der Waals surface area contributed by atoms with Gasteiger partial charge in [-0.15, -0.1) is 23.5 Å². The van der Waals surface area contributed by atoms with Gasteiger partial charge in [-0.25, -0.2) is 35.1 Å². The molecule has 2 aromatic rings. The molecule has 192 valence electrons. The van der Waals surface area contributed by atoms with Crippen LogP contribution in [0.4, 0.5) is 35.1 Å². The molecule has 0 saturated carbocycles. The Labute approximate surface area is 226 Å². The Hall–Kier alpha value is -0.800. The molecule has 0 fully saturated rings. The van der Waals surface area contributed by atoms with E-state index >= 15 is 0 Å². The maximum absolute atomic E-state index is 14.0. The van der Waals surface area contributed by atoms with Crippen LogP contribution >= 0.6 is 70.6 Å². The summed E-state index contributed by atoms with van der Waals surface area (Å²) in [7, 11) is 0. The van der Waals surface area contributed by atoms with Crippen LogP contribution in [0.2, 0.25) is 0 Å². The second-order valence-corrected chi connectivity index (χ2v) is 14.6. The molecule has 2 heterocycles. The fourth-order valence-electron chi connectivity index (χ4n) is 2.92. The van der Waals surface area contributed by atoms with Crippen molar-refractivity contribution in [3.8, 4) is 0 Å². The molecule has 4 rings (SSSR count). The predicted molar refractivity (Wildman–Crippen MR) is 138 cm³/mol. The average Bonchev–Trinajstić information content (AvgIpc) is 3.38. The zero-order valence-corrected chi connectivity index (χ0v) is 22.9. The number of thioether (sulfide) groups is 6. The van der Waals surface area contributed by atoms with Gasteiger partial charge in [0.2, 0.25) is 0 Å². The van der Waals surface area contributed by atoms with E-state index in [-0.39, 0.29) is 23.6 Å². The van der Waals surface area contributed by atoms with Gasteiger partial charge in [-0.05, 0) is 13.8 Å². The molecule has 0 N–H and O–H groups in total. The first-order valence-corrected chi connectivity index (χ1v) is 15.0. The maximum atomic E-state index is 14.0. The molecule has 0 aromatic heterocycles. The Bertz CT molecular complexity index is 1200. The molecular formula is C22H12F8S6. The minimum atomic E-state index is -1.46. The van der Waals surface area contributed by atoms with Crippen LogP contribution in [0, 0.1) is 46.5 Å². The van der Waals surface area contributed by atoms with Crippen LogP contribution in [0.25, 0.3) is 0 Å². The van der Waals surface area contributed by atoms with Gasteiger partial charge < -0.3 is 0 Å². The van der Waals surface area contributed by atoms with Crippen molar-refractivity contribution in [1.29, 1.82) is 0 Å². The zero-order valence-electron chi connectivity index (χ0n) is 18.0. The number of hydrogen-bond donors (Lipinski definition) is 0. The molecule has 36 heavy (non-hydrogen) atoms.